The number of rotatable bonds is 8. The van der Waals surface area contributed by atoms with Gasteiger partial charge in [0.2, 0.25) is 0 Å². The Balaban J connectivity index is 1.79. The molecule has 1 aliphatic carbocycles. The topological polar surface area (TPSA) is 70.4 Å². The van der Waals surface area contributed by atoms with Gasteiger partial charge in [-0.2, -0.15) is 8.78 Å². The van der Waals surface area contributed by atoms with E-state index in [1.165, 1.54) is 17.7 Å². The molecular weight excluding hydrogens is 507 g/mol. The first-order valence-corrected chi connectivity index (χ1v) is 12.9. The Labute approximate surface area is 192 Å². The van der Waals surface area contributed by atoms with E-state index >= 15 is 0 Å². The molecule has 1 atom stereocenters. The van der Waals surface area contributed by atoms with Crippen LogP contribution < -0.4 is 0 Å². The van der Waals surface area contributed by atoms with E-state index in [0.717, 1.165) is 30.0 Å². The minimum Gasteiger partial charge on any atom is -0.320 e. The Morgan fingerprint density at radius 3 is 2.55 bits per heavy atom. The fourth-order valence-corrected chi connectivity index (χ4v) is 5.72. The summed E-state index contributed by atoms with van der Waals surface area (Å²) in [5, 5.41) is 0.171. The van der Waals surface area contributed by atoms with Crippen LogP contribution in [0.1, 0.15) is 23.1 Å². The molecule has 0 saturated carbocycles. The van der Waals surface area contributed by atoms with Crippen LogP contribution in [0.5, 0.6) is 0 Å². The minimum absolute atomic E-state index is 0.0239. The summed E-state index contributed by atoms with van der Waals surface area (Å²) in [5.41, 5.74) is -1.77. The van der Waals surface area contributed by atoms with Gasteiger partial charge in [0.05, 0.1) is 0 Å². The van der Waals surface area contributed by atoms with Crippen LogP contribution in [0.25, 0.3) is 0 Å². The molecule has 0 bridgehead atoms. The van der Waals surface area contributed by atoms with Gasteiger partial charge in [-0.15, -0.1) is 11.8 Å². The van der Waals surface area contributed by atoms with Crippen molar-refractivity contribution in [2.75, 3.05) is 0 Å². The van der Waals surface area contributed by atoms with Crippen molar-refractivity contribution in [3.63, 3.8) is 0 Å². The van der Waals surface area contributed by atoms with Crippen LogP contribution in [-0.2, 0) is 22.4 Å². The standard InChI is InChI=1S/C22H21BrF2NO3PS/c23-20-13-17(7-8-19(20)22(24,25)30(27,28)29)15-31-21(14-16-9-11-26-12-10-16)18-5-3-1-2-4-6-18/h1-5,7-13,21H,6,14-15H2,(H2,27,28,29). The normalized spacial score (nSPS) is 15.5. The van der Waals surface area contributed by atoms with Gasteiger partial charge >= 0.3 is 13.3 Å². The maximum Gasteiger partial charge on any atom is 0.399 e. The zero-order valence-electron chi connectivity index (χ0n) is 16.4. The third kappa shape index (κ3) is 6.24. The van der Waals surface area contributed by atoms with E-state index in [2.05, 4.69) is 33.1 Å². The number of benzene rings is 1. The van der Waals surface area contributed by atoms with Crippen molar-refractivity contribution in [3.8, 4) is 0 Å². The van der Waals surface area contributed by atoms with E-state index in [4.69, 9.17) is 9.79 Å². The molecule has 1 heterocycles. The Morgan fingerprint density at radius 2 is 1.87 bits per heavy atom. The molecule has 0 aliphatic heterocycles. The van der Waals surface area contributed by atoms with Crippen LogP contribution in [0.4, 0.5) is 8.78 Å². The summed E-state index contributed by atoms with van der Waals surface area (Å²) in [6.45, 7) is 0. The van der Waals surface area contributed by atoms with E-state index in [-0.39, 0.29) is 9.72 Å². The van der Waals surface area contributed by atoms with Gasteiger partial charge in [-0.3, -0.25) is 9.55 Å². The third-order valence-electron chi connectivity index (χ3n) is 4.78. The van der Waals surface area contributed by atoms with Gasteiger partial charge in [0.25, 0.3) is 0 Å². The van der Waals surface area contributed by atoms with Crippen LogP contribution >= 0.6 is 35.3 Å². The number of hydrogen-bond donors (Lipinski definition) is 2. The van der Waals surface area contributed by atoms with Gasteiger partial charge in [0.15, 0.2) is 0 Å². The molecule has 2 aromatic rings. The monoisotopic (exact) mass is 527 g/mol. The second kappa shape index (κ2) is 10.4. The first-order chi connectivity index (χ1) is 14.7. The molecule has 0 radical (unpaired) electrons. The fourth-order valence-electron chi connectivity index (χ4n) is 3.11. The van der Waals surface area contributed by atoms with E-state index in [0.29, 0.717) is 5.75 Å². The molecule has 0 spiro atoms. The van der Waals surface area contributed by atoms with Crippen molar-refractivity contribution in [2.45, 2.75) is 29.5 Å². The molecule has 1 aromatic carbocycles. The lowest BCUT2D eigenvalue weighted by Gasteiger charge is -2.21. The average Bonchev–Trinajstić information content (AvgIpc) is 3.00. The molecule has 164 valence electrons. The van der Waals surface area contributed by atoms with Crippen LogP contribution in [0.3, 0.4) is 0 Å². The maximum atomic E-state index is 14.1. The number of alkyl halides is 2. The quantitative estimate of drug-likeness (QED) is 0.391. The zero-order chi connectivity index (χ0) is 22.5. The summed E-state index contributed by atoms with van der Waals surface area (Å²) in [5.74, 6) is 0.556. The van der Waals surface area contributed by atoms with Crippen molar-refractivity contribution in [2.24, 2.45) is 0 Å². The number of allylic oxidation sites excluding steroid dienone is 5. The van der Waals surface area contributed by atoms with Gasteiger partial charge in [0, 0.05) is 33.4 Å². The van der Waals surface area contributed by atoms with Gasteiger partial charge < -0.3 is 9.79 Å². The molecule has 31 heavy (non-hydrogen) atoms. The molecule has 0 amide bonds. The smallest absolute Gasteiger partial charge is 0.320 e. The molecule has 1 aromatic heterocycles. The highest BCUT2D eigenvalue weighted by Gasteiger charge is 2.51. The average molecular weight is 528 g/mol. The second-order valence-corrected chi connectivity index (χ2v) is 10.7. The number of pyridine rings is 1. The summed E-state index contributed by atoms with van der Waals surface area (Å²) < 4.78 is 39.3. The number of nitrogens with zero attached hydrogens (tertiary/aromatic N) is 1. The number of hydrogen-bond acceptors (Lipinski definition) is 3. The van der Waals surface area contributed by atoms with Crippen molar-refractivity contribution >= 4 is 35.3 Å². The molecular formula is C22H21BrF2NO3PS. The van der Waals surface area contributed by atoms with Crippen molar-refractivity contribution in [3.05, 3.63) is 99.8 Å². The van der Waals surface area contributed by atoms with Crippen LogP contribution in [-0.4, -0.2) is 20.0 Å². The van der Waals surface area contributed by atoms with E-state index in [1.807, 2.05) is 30.4 Å². The number of halogens is 3. The van der Waals surface area contributed by atoms with Crippen molar-refractivity contribution < 1.29 is 23.1 Å². The molecule has 1 aliphatic rings. The van der Waals surface area contributed by atoms with E-state index in [1.54, 1.807) is 24.2 Å². The maximum absolute atomic E-state index is 14.1. The van der Waals surface area contributed by atoms with Crippen molar-refractivity contribution in [1.29, 1.82) is 0 Å². The lowest BCUT2D eigenvalue weighted by atomic mass is 10.0. The summed E-state index contributed by atoms with van der Waals surface area (Å²) in [6.07, 6.45) is 15.4. The fraction of sp³-hybridized carbons (Fsp3) is 0.227. The molecule has 0 saturated heterocycles. The molecule has 9 heteroatoms. The molecule has 0 fully saturated rings. The largest absolute Gasteiger partial charge is 0.399 e. The van der Waals surface area contributed by atoms with Crippen molar-refractivity contribution in [1.82, 2.24) is 4.98 Å². The van der Waals surface area contributed by atoms with E-state index in [9.17, 15) is 13.3 Å². The van der Waals surface area contributed by atoms with Crippen LogP contribution in [0, 0.1) is 0 Å². The highest BCUT2D eigenvalue weighted by molar-refractivity contribution is 9.10. The van der Waals surface area contributed by atoms with E-state index < -0.39 is 18.8 Å². The Hall–Kier alpha value is -1.57. The van der Waals surface area contributed by atoms with Gasteiger partial charge in [-0.25, -0.2) is 0 Å². The summed E-state index contributed by atoms with van der Waals surface area (Å²) in [7, 11) is -5.62. The van der Waals surface area contributed by atoms with Gasteiger partial charge in [-0.1, -0.05) is 64.0 Å². The lowest BCUT2D eigenvalue weighted by molar-refractivity contribution is 0.0557. The highest BCUT2D eigenvalue weighted by Crippen LogP contribution is 2.60. The summed E-state index contributed by atoms with van der Waals surface area (Å²) in [4.78, 5) is 22.0. The second-order valence-electron chi connectivity index (χ2n) is 7.02. The lowest BCUT2D eigenvalue weighted by Crippen LogP contribution is -2.14. The highest BCUT2D eigenvalue weighted by atomic mass is 79.9. The summed E-state index contributed by atoms with van der Waals surface area (Å²) in [6, 6.07) is 8.02. The first-order valence-electron chi connectivity index (χ1n) is 9.43. The molecule has 2 N–H and O–H groups in total. The zero-order valence-corrected chi connectivity index (χ0v) is 19.7. The third-order valence-corrected chi connectivity index (χ3v) is 7.78. The predicted octanol–water partition coefficient (Wildman–Crippen LogP) is 6.36. The first kappa shape index (κ1) is 24.1. The Bertz CT molecular complexity index is 1050. The van der Waals surface area contributed by atoms with Gasteiger partial charge in [-0.05, 0) is 42.2 Å². The van der Waals surface area contributed by atoms with Crippen LogP contribution in [0.2, 0.25) is 0 Å². The predicted molar refractivity (Wildman–Crippen MR) is 124 cm³/mol. The number of thioether (sulfide) groups is 1. The Kier molecular flexibility index (Phi) is 8.05. The number of aromatic nitrogens is 1. The minimum atomic E-state index is -5.62. The SMILES string of the molecule is O=P(O)(O)C(F)(F)c1ccc(CSC(Cc2ccncc2)C2=CC=CC=CC2)cc1Br. The van der Waals surface area contributed by atoms with Crippen LogP contribution in [0.15, 0.2) is 83.2 Å². The Morgan fingerprint density at radius 1 is 1.13 bits per heavy atom. The molecule has 3 rings (SSSR count). The molecule has 1 unspecified atom stereocenters. The summed E-state index contributed by atoms with van der Waals surface area (Å²) >= 11 is 4.75. The van der Waals surface area contributed by atoms with Gasteiger partial charge in [0.1, 0.15) is 0 Å². The molecule has 4 nitrogen and oxygen atoms in total.